The second-order valence-electron chi connectivity index (χ2n) is 10.8. The largest absolute Gasteiger partial charge is 0.385 e. The molecule has 1 aliphatic rings. The minimum atomic E-state index is -3.95. The molecule has 0 fully saturated rings. The number of unbranched alkanes of at least 4 members (excludes halogenated alkanes) is 12. The quantitative estimate of drug-likeness (QED) is 0.0776. The van der Waals surface area contributed by atoms with E-state index in [2.05, 4.69) is 28.8 Å². The van der Waals surface area contributed by atoms with E-state index in [1.54, 1.807) is 7.11 Å². The molecule has 236 valence electrons. The summed E-state index contributed by atoms with van der Waals surface area (Å²) in [5.41, 5.74) is 0.519. The lowest BCUT2D eigenvalue weighted by atomic mass is 10.1. The van der Waals surface area contributed by atoms with Gasteiger partial charge in [-0.3, -0.25) is 0 Å². The lowest BCUT2D eigenvalue weighted by Gasteiger charge is -2.32. The molecule has 0 saturated carbocycles. The van der Waals surface area contributed by atoms with Crippen LogP contribution in [0.5, 0.6) is 0 Å². The summed E-state index contributed by atoms with van der Waals surface area (Å²) >= 11 is 0.803. The number of hydrogen-bond donors (Lipinski definition) is 1. The summed E-state index contributed by atoms with van der Waals surface area (Å²) in [6, 6.07) is 1.23. The minimum Gasteiger partial charge on any atom is -0.385 e. The number of rotatable bonds is 23. The second kappa shape index (κ2) is 20.0. The SMILES string of the molecule is CCCCCCCC/C=C/CCCCCCC/C=N\S(=O)(=O)c1cc2c(s1)S(=O)(=O)N(CCCOC)C[C@@H]2NCC. The molecule has 1 N–H and O–H groups in total. The van der Waals surface area contributed by atoms with Crippen molar-refractivity contribution in [3.63, 3.8) is 0 Å². The molecule has 1 aromatic heterocycles. The molecule has 1 atom stereocenters. The van der Waals surface area contributed by atoms with Crippen LogP contribution in [0.3, 0.4) is 0 Å². The monoisotopic (exact) mass is 631 g/mol. The highest BCUT2D eigenvalue weighted by Gasteiger charge is 2.39. The number of fused-ring (bicyclic) bond motifs is 1. The van der Waals surface area contributed by atoms with Crippen molar-refractivity contribution in [2.75, 3.05) is 33.4 Å². The number of allylic oxidation sites excluding steroid dienone is 2. The standard InChI is InChI=1S/C30H53N3O5S3/c1-4-6-7-8-9-10-11-12-13-14-15-16-17-18-19-20-22-32-40(34,35)29-25-27-28(31-5-2)26-33(23-21-24-38-3)41(36,37)30(27)39-29/h12-13,22,25,28,31H,4-11,14-21,23-24,26H2,1-3H3/b13-12+,32-22-/t28-/m0/s1. The number of sulfonamides is 2. The molecule has 0 radical (unpaired) electrons. The van der Waals surface area contributed by atoms with Gasteiger partial charge in [0.15, 0.2) is 0 Å². The van der Waals surface area contributed by atoms with Crippen LogP contribution in [0.15, 0.2) is 31.0 Å². The Kier molecular flexibility index (Phi) is 17.6. The highest BCUT2D eigenvalue weighted by Crippen LogP contribution is 2.40. The van der Waals surface area contributed by atoms with Gasteiger partial charge in [0.2, 0.25) is 0 Å². The maximum Gasteiger partial charge on any atom is 0.291 e. The third-order valence-corrected chi connectivity index (χ3v) is 12.6. The molecule has 0 amide bonds. The highest BCUT2D eigenvalue weighted by atomic mass is 32.3. The molecular formula is C30H53N3O5S3. The Morgan fingerprint density at radius 1 is 0.976 bits per heavy atom. The first-order valence-electron chi connectivity index (χ1n) is 15.6. The van der Waals surface area contributed by atoms with Crippen molar-refractivity contribution >= 4 is 37.6 Å². The minimum absolute atomic E-state index is 0.0199. The van der Waals surface area contributed by atoms with E-state index in [1.807, 2.05) is 6.92 Å². The maximum atomic E-state index is 13.2. The number of thiophene rings is 1. The van der Waals surface area contributed by atoms with Gasteiger partial charge in [0.1, 0.15) is 8.42 Å². The van der Waals surface area contributed by atoms with Crippen molar-refractivity contribution in [2.45, 2.75) is 125 Å². The summed E-state index contributed by atoms with van der Waals surface area (Å²) in [7, 11) is -6.14. The fraction of sp³-hybridized carbons (Fsp3) is 0.767. The van der Waals surface area contributed by atoms with Crippen molar-refractivity contribution in [3.8, 4) is 0 Å². The molecule has 0 saturated heterocycles. The van der Waals surface area contributed by atoms with Gasteiger partial charge < -0.3 is 10.1 Å². The number of nitrogens with one attached hydrogen (secondary N) is 1. The molecule has 0 bridgehead atoms. The Hall–Kier alpha value is -1.11. The lowest BCUT2D eigenvalue weighted by Crippen LogP contribution is -2.43. The Balaban J connectivity index is 1.75. The van der Waals surface area contributed by atoms with E-state index in [-0.39, 0.29) is 21.0 Å². The predicted octanol–water partition coefficient (Wildman–Crippen LogP) is 7.24. The molecule has 41 heavy (non-hydrogen) atoms. The zero-order valence-corrected chi connectivity index (χ0v) is 27.9. The molecule has 0 unspecified atom stereocenters. The van der Waals surface area contributed by atoms with Crippen LogP contribution in [0.25, 0.3) is 0 Å². The first kappa shape index (κ1) is 36.1. The average Bonchev–Trinajstić information content (AvgIpc) is 3.41. The summed E-state index contributed by atoms with van der Waals surface area (Å²) in [5.74, 6) is 0. The maximum absolute atomic E-state index is 13.2. The molecule has 11 heteroatoms. The summed E-state index contributed by atoms with van der Waals surface area (Å²) in [6.45, 7) is 5.89. The van der Waals surface area contributed by atoms with Crippen molar-refractivity contribution in [3.05, 3.63) is 23.8 Å². The lowest BCUT2D eigenvalue weighted by molar-refractivity contribution is 0.185. The molecule has 8 nitrogen and oxygen atoms in total. The predicted molar refractivity (Wildman–Crippen MR) is 171 cm³/mol. The topological polar surface area (TPSA) is 105 Å². The van der Waals surface area contributed by atoms with Gasteiger partial charge in [-0.15, -0.1) is 11.3 Å². The van der Waals surface area contributed by atoms with Gasteiger partial charge >= 0.3 is 0 Å². The molecule has 0 spiro atoms. The second-order valence-corrected chi connectivity index (χ2v) is 15.8. The molecule has 1 aliphatic heterocycles. The Bertz CT molecular complexity index is 1130. The fourth-order valence-electron chi connectivity index (χ4n) is 4.98. The van der Waals surface area contributed by atoms with Gasteiger partial charge in [-0.25, -0.2) is 8.42 Å². The van der Waals surface area contributed by atoms with Crippen LogP contribution in [0.1, 0.15) is 122 Å². The highest BCUT2D eigenvalue weighted by molar-refractivity contribution is 7.94. The van der Waals surface area contributed by atoms with Crippen molar-refractivity contribution in [2.24, 2.45) is 4.40 Å². The molecular weight excluding hydrogens is 579 g/mol. The van der Waals surface area contributed by atoms with Gasteiger partial charge in [0.05, 0.1) is 0 Å². The van der Waals surface area contributed by atoms with E-state index >= 15 is 0 Å². The van der Waals surface area contributed by atoms with E-state index < -0.39 is 20.0 Å². The van der Waals surface area contributed by atoms with Crippen molar-refractivity contribution in [1.29, 1.82) is 0 Å². The smallest absolute Gasteiger partial charge is 0.291 e. The van der Waals surface area contributed by atoms with Gasteiger partial charge in [-0.2, -0.15) is 17.1 Å². The summed E-state index contributed by atoms with van der Waals surface area (Å²) < 4.78 is 62.8. The van der Waals surface area contributed by atoms with Gasteiger partial charge in [0.25, 0.3) is 20.0 Å². The number of ether oxygens (including phenoxy) is 1. The molecule has 1 aromatic rings. The summed E-state index contributed by atoms with van der Waals surface area (Å²) in [6.07, 6.45) is 23.1. The molecule has 0 aromatic carbocycles. The molecule has 2 heterocycles. The molecule has 0 aliphatic carbocycles. The zero-order valence-electron chi connectivity index (χ0n) is 25.5. The Labute approximate surface area is 254 Å². The van der Waals surface area contributed by atoms with E-state index in [4.69, 9.17) is 4.74 Å². The number of likely N-dealkylation sites (N-methyl/N-ethyl adjacent to an activating group) is 1. The van der Waals surface area contributed by atoms with Crippen LogP contribution in [0.4, 0.5) is 0 Å². The van der Waals surface area contributed by atoms with Gasteiger partial charge in [-0.1, -0.05) is 77.4 Å². The van der Waals surface area contributed by atoms with E-state index in [0.717, 1.165) is 37.0 Å². The van der Waals surface area contributed by atoms with Crippen LogP contribution in [-0.2, 0) is 24.8 Å². The third kappa shape index (κ3) is 12.6. The van der Waals surface area contributed by atoms with E-state index in [0.29, 0.717) is 38.1 Å². The number of hydrogen-bond acceptors (Lipinski definition) is 7. The zero-order chi connectivity index (χ0) is 30.0. The summed E-state index contributed by atoms with van der Waals surface area (Å²) in [4.78, 5) is 0. The average molecular weight is 632 g/mol. The normalized spacial score (nSPS) is 17.6. The summed E-state index contributed by atoms with van der Waals surface area (Å²) in [5, 5.41) is 3.30. The Morgan fingerprint density at radius 3 is 2.20 bits per heavy atom. The van der Waals surface area contributed by atoms with E-state index in [1.165, 1.54) is 74.4 Å². The Morgan fingerprint density at radius 2 is 1.59 bits per heavy atom. The van der Waals surface area contributed by atoms with Crippen molar-refractivity contribution < 1.29 is 21.6 Å². The number of nitrogens with zero attached hydrogens (tertiary/aromatic N) is 2. The third-order valence-electron chi connectivity index (χ3n) is 7.31. The first-order chi connectivity index (χ1) is 19.8. The number of methoxy groups -OCH3 is 1. The van der Waals surface area contributed by atoms with Crippen LogP contribution < -0.4 is 5.32 Å². The van der Waals surface area contributed by atoms with Crippen LogP contribution in [0.2, 0.25) is 0 Å². The molecule has 2 rings (SSSR count). The van der Waals surface area contributed by atoms with Crippen molar-refractivity contribution in [1.82, 2.24) is 9.62 Å². The van der Waals surface area contributed by atoms with Crippen LogP contribution in [0, 0.1) is 0 Å². The fourth-order valence-corrected chi connectivity index (χ4v) is 9.76. The first-order valence-corrected chi connectivity index (χ1v) is 19.3. The van der Waals surface area contributed by atoms with Crippen LogP contribution in [-0.4, -0.2) is 60.7 Å². The van der Waals surface area contributed by atoms with E-state index in [9.17, 15) is 16.8 Å². The van der Waals surface area contributed by atoms with Gasteiger partial charge in [0, 0.05) is 44.6 Å². The van der Waals surface area contributed by atoms with Gasteiger partial charge in [-0.05, 0) is 57.6 Å². The van der Waals surface area contributed by atoms with Crippen LogP contribution >= 0.6 is 11.3 Å².